The van der Waals surface area contributed by atoms with Crippen LogP contribution in [0.5, 0.6) is 5.75 Å². The number of fused-ring (bicyclic) bond motifs is 3. The summed E-state index contributed by atoms with van der Waals surface area (Å²) in [5.41, 5.74) is 2.35. The number of rotatable bonds is 2. The molecule has 1 aliphatic heterocycles. The van der Waals surface area contributed by atoms with Crippen LogP contribution in [0.4, 0.5) is 0 Å². The average molecular weight is 276 g/mol. The molecule has 0 atom stereocenters. The highest BCUT2D eigenvalue weighted by atomic mass is 16.5. The van der Waals surface area contributed by atoms with Gasteiger partial charge >= 0.3 is 0 Å². The van der Waals surface area contributed by atoms with Gasteiger partial charge in [0.05, 0.1) is 5.69 Å². The number of pyridine rings is 1. The Balaban J connectivity index is 1.66. The largest absolute Gasteiger partial charge is 0.478 e. The predicted molar refractivity (Wildman–Crippen MR) is 82.9 cm³/mol. The van der Waals surface area contributed by atoms with E-state index in [1.807, 2.05) is 18.3 Å². The lowest BCUT2D eigenvalue weighted by molar-refractivity contribution is 0.0885. The first-order valence-corrected chi connectivity index (χ1v) is 7.16. The van der Waals surface area contributed by atoms with Crippen molar-refractivity contribution in [3.05, 3.63) is 72.1 Å². The molecule has 0 unspecified atom stereocenters. The molecule has 104 valence electrons. The molecule has 0 saturated carbocycles. The first kappa shape index (κ1) is 12.4. The van der Waals surface area contributed by atoms with E-state index in [0.29, 0.717) is 6.73 Å². The van der Waals surface area contributed by atoms with Gasteiger partial charge in [0.1, 0.15) is 12.5 Å². The molecule has 0 amide bonds. The fourth-order valence-electron chi connectivity index (χ4n) is 2.87. The van der Waals surface area contributed by atoms with E-state index in [9.17, 15) is 0 Å². The van der Waals surface area contributed by atoms with Gasteiger partial charge in [0, 0.05) is 24.8 Å². The molecule has 3 nitrogen and oxygen atoms in total. The molecule has 2 heterocycles. The molecule has 21 heavy (non-hydrogen) atoms. The third-order valence-corrected chi connectivity index (χ3v) is 3.89. The minimum atomic E-state index is 0.613. The van der Waals surface area contributed by atoms with Crippen LogP contribution in [0.15, 0.2) is 60.8 Å². The van der Waals surface area contributed by atoms with Crippen LogP contribution in [-0.2, 0) is 13.1 Å². The molecular weight excluding hydrogens is 260 g/mol. The summed E-state index contributed by atoms with van der Waals surface area (Å²) in [5.74, 6) is 1.01. The molecule has 0 aliphatic carbocycles. The Morgan fingerprint density at radius 1 is 1.00 bits per heavy atom. The summed E-state index contributed by atoms with van der Waals surface area (Å²) in [5, 5.41) is 2.54. The van der Waals surface area contributed by atoms with Gasteiger partial charge in [-0.1, -0.05) is 36.4 Å². The van der Waals surface area contributed by atoms with E-state index in [2.05, 4.69) is 52.3 Å². The van der Waals surface area contributed by atoms with Crippen LogP contribution >= 0.6 is 0 Å². The molecule has 3 heteroatoms. The van der Waals surface area contributed by atoms with Gasteiger partial charge in [0.25, 0.3) is 0 Å². The first-order chi connectivity index (χ1) is 10.4. The van der Waals surface area contributed by atoms with E-state index in [0.717, 1.165) is 24.5 Å². The highest BCUT2D eigenvalue weighted by Gasteiger charge is 2.19. The summed E-state index contributed by atoms with van der Waals surface area (Å²) < 4.78 is 5.91. The van der Waals surface area contributed by atoms with Crippen LogP contribution < -0.4 is 4.74 Å². The zero-order valence-corrected chi connectivity index (χ0v) is 11.7. The molecule has 0 bridgehead atoms. The molecule has 4 rings (SSSR count). The second-order valence-electron chi connectivity index (χ2n) is 5.34. The maximum atomic E-state index is 5.91. The van der Waals surface area contributed by atoms with E-state index < -0.39 is 0 Å². The van der Waals surface area contributed by atoms with Crippen molar-refractivity contribution in [2.45, 2.75) is 13.1 Å². The van der Waals surface area contributed by atoms with Gasteiger partial charge in [0.2, 0.25) is 0 Å². The first-order valence-electron chi connectivity index (χ1n) is 7.16. The van der Waals surface area contributed by atoms with Gasteiger partial charge in [-0.3, -0.25) is 9.88 Å². The van der Waals surface area contributed by atoms with Gasteiger partial charge in [0.15, 0.2) is 0 Å². The van der Waals surface area contributed by atoms with Crippen molar-refractivity contribution in [3.8, 4) is 5.75 Å². The monoisotopic (exact) mass is 276 g/mol. The van der Waals surface area contributed by atoms with Gasteiger partial charge < -0.3 is 4.74 Å². The quantitative estimate of drug-likeness (QED) is 0.715. The number of aromatic nitrogens is 1. The molecule has 0 radical (unpaired) electrons. The fourth-order valence-corrected chi connectivity index (χ4v) is 2.87. The van der Waals surface area contributed by atoms with Crippen LogP contribution in [-0.4, -0.2) is 16.6 Å². The summed E-state index contributed by atoms with van der Waals surface area (Å²) in [6.07, 6.45) is 1.84. The van der Waals surface area contributed by atoms with Gasteiger partial charge in [-0.15, -0.1) is 0 Å². The molecule has 1 aliphatic rings. The van der Waals surface area contributed by atoms with E-state index >= 15 is 0 Å². The standard InChI is InChI=1S/C18H16N2O/c1-2-7-16-14(5-1)8-9-18-17(16)12-20(13-21-18)11-15-6-3-4-10-19-15/h1-10H,11-13H2. The van der Waals surface area contributed by atoms with Gasteiger partial charge in [-0.25, -0.2) is 0 Å². The zero-order chi connectivity index (χ0) is 14.1. The van der Waals surface area contributed by atoms with Crippen molar-refractivity contribution < 1.29 is 4.74 Å². The summed E-state index contributed by atoms with van der Waals surface area (Å²) in [4.78, 5) is 6.67. The summed E-state index contributed by atoms with van der Waals surface area (Å²) in [7, 11) is 0. The maximum Gasteiger partial charge on any atom is 0.142 e. The van der Waals surface area contributed by atoms with Crippen molar-refractivity contribution >= 4 is 10.8 Å². The smallest absolute Gasteiger partial charge is 0.142 e. The van der Waals surface area contributed by atoms with Gasteiger partial charge in [-0.2, -0.15) is 0 Å². The van der Waals surface area contributed by atoms with Crippen molar-refractivity contribution in [2.75, 3.05) is 6.73 Å². The minimum Gasteiger partial charge on any atom is -0.478 e. The molecule has 0 N–H and O–H groups in total. The molecular formula is C18H16N2O. The minimum absolute atomic E-state index is 0.613. The zero-order valence-electron chi connectivity index (χ0n) is 11.7. The second-order valence-corrected chi connectivity index (χ2v) is 5.34. The van der Waals surface area contributed by atoms with Crippen molar-refractivity contribution in [3.63, 3.8) is 0 Å². The van der Waals surface area contributed by atoms with E-state index in [4.69, 9.17) is 4.74 Å². The predicted octanol–water partition coefficient (Wildman–Crippen LogP) is 3.59. The lowest BCUT2D eigenvalue weighted by atomic mass is 10.0. The Morgan fingerprint density at radius 3 is 2.81 bits per heavy atom. The van der Waals surface area contributed by atoms with E-state index in [1.165, 1.54) is 16.3 Å². The Morgan fingerprint density at radius 2 is 1.90 bits per heavy atom. The fraction of sp³-hybridized carbons (Fsp3) is 0.167. The molecule has 0 saturated heterocycles. The summed E-state index contributed by atoms with van der Waals surface area (Å²) in [6.45, 7) is 2.32. The van der Waals surface area contributed by atoms with Crippen LogP contribution in [0.25, 0.3) is 10.8 Å². The highest BCUT2D eigenvalue weighted by Crippen LogP contribution is 2.32. The molecule has 2 aromatic carbocycles. The van der Waals surface area contributed by atoms with E-state index in [-0.39, 0.29) is 0 Å². The molecule has 0 fully saturated rings. The maximum absolute atomic E-state index is 5.91. The summed E-state index contributed by atoms with van der Waals surface area (Å²) >= 11 is 0. The van der Waals surface area contributed by atoms with Crippen LogP contribution in [0, 0.1) is 0 Å². The number of benzene rings is 2. The third kappa shape index (κ3) is 2.36. The Labute approximate surface area is 123 Å². The number of hydrogen-bond donors (Lipinski definition) is 0. The Hall–Kier alpha value is -2.39. The third-order valence-electron chi connectivity index (χ3n) is 3.89. The Kier molecular flexibility index (Phi) is 3.05. The van der Waals surface area contributed by atoms with Gasteiger partial charge in [-0.05, 0) is 29.0 Å². The number of nitrogens with zero attached hydrogens (tertiary/aromatic N) is 2. The van der Waals surface area contributed by atoms with Crippen LogP contribution in [0.2, 0.25) is 0 Å². The number of ether oxygens (including phenoxy) is 1. The van der Waals surface area contributed by atoms with Crippen molar-refractivity contribution in [1.82, 2.24) is 9.88 Å². The van der Waals surface area contributed by atoms with Crippen LogP contribution in [0.3, 0.4) is 0 Å². The molecule has 3 aromatic rings. The van der Waals surface area contributed by atoms with Crippen molar-refractivity contribution in [1.29, 1.82) is 0 Å². The molecule has 1 aromatic heterocycles. The van der Waals surface area contributed by atoms with E-state index in [1.54, 1.807) is 0 Å². The van der Waals surface area contributed by atoms with Crippen LogP contribution in [0.1, 0.15) is 11.3 Å². The Bertz CT molecular complexity index is 771. The lowest BCUT2D eigenvalue weighted by Gasteiger charge is -2.29. The number of hydrogen-bond acceptors (Lipinski definition) is 3. The highest BCUT2D eigenvalue weighted by molar-refractivity contribution is 5.87. The lowest BCUT2D eigenvalue weighted by Crippen LogP contribution is -2.31. The van der Waals surface area contributed by atoms with Crippen molar-refractivity contribution in [2.24, 2.45) is 0 Å². The average Bonchev–Trinajstić information content (AvgIpc) is 2.56. The SMILES string of the molecule is c1ccc(CN2COc3ccc4ccccc4c3C2)nc1. The normalized spacial score (nSPS) is 14.7. The second kappa shape index (κ2) is 5.19. The summed E-state index contributed by atoms with van der Waals surface area (Å²) in [6, 6.07) is 18.7. The topological polar surface area (TPSA) is 25.4 Å². The molecule has 0 spiro atoms.